The molecule has 0 aliphatic heterocycles. The SMILES string of the molecule is CC1(C)CCc2sc(-c3nc4ccc(CNN)cc4s3)c(C(=O)O)c2C1. The molecular formula is C19H21N3O2S2. The van der Waals surface area contributed by atoms with Crippen molar-refractivity contribution >= 4 is 38.9 Å². The van der Waals surface area contributed by atoms with Gasteiger partial charge in [0.15, 0.2) is 0 Å². The smallest absolute Gasteiger partial charge is 0.337 e. The van der Waals surface area contributed by atoms with E-state index in [1.807, 2.05) is 12.1 Å². The molecular weight excluding hydrogens is 366 g/mol. The fourth-order valence-electron chi connectivity index (χ4n) is 3.59. The van der Waals surface area contributed by atoms with Crippen molar-refractivity contribution in [3.8, 4) is 9.88 Å². The van der Waals surface area contributed by atoms with E-state index in [4.69, 9.17) is 10.8 Å². The monoisotopic (exact) mass is 387 g/mol. The average Bonchev–Trinajstić information content (AvgIpc) is 3.14. The van der Waals surface area contributed by atoms with Crippen molar-refractivity contribution in [2.75, 3.05) is 0 Å². The molecule has 1 aliphatic carbocycles. The molecule has 4 N–H and O–H groups in total. The lowest BCUT2D eigenvalue weighted by Crippen LogP contribution is -2.22. The molecule has 5 nitrogen and oxygen atoms in total. The summed E-state index contributed by atoms with van der Waals surface area (Å²) in [6, 6.07) is 6.03. The van der Waals surface area contributed by atoms with E-state index in [0.717, 1.165) is 50.5 Å². The van der Waals surface area contributed by atoms with E-state index in [-0.39, 0.29) is 5.41 Å². The number of aromatic nitrogens is 1. The maximum atomic E-state index is 12.1. The van der Waals surface area contributed by atoms with Gasteiger partial charge in [0.25, 0.3) is 0 Å². The number of benzene rings is 1. The number of nitrogens with zero attached hydrogens (tertiary/aromatic N) is 1. The first-order valence-electron chi connectivity index (χ1n) is 8.59. The predicted molar refractivity (Wildman–Crippen MR) is 107 cm³/mol. The first kappa shape index (κ1) is 17.6. The van der Waals surface area contributed by atoms with Crippen molar-refractivity contribution in [2.24, 2.45) is 11.3 Å². The highest BCUT2D eigenvalue weighted by molar-refractivity contribution is 7.25. The summed E-state index contributed by atoms with van der Waals surface area (Å²) in [5.41, 5.74) is 6.26. The van der Waals surface area contributed by atoms with E-state index in [0.29, 0.717) is 12.1 Å². The average molecular weight is 388 g/mol. The highest BCUT2D eigenvalue weighted by Crippen LogP contribution is 2.46. The molecule has 2 heterocycles. The minimum atomic E-state index is -0.845. The van der Waals surface area contributed by atoms with Gasteiger partial charge in [0, 0.05) is 11.4 Å². The second-order valence-corrected chi connectivity index (χ2v) is 9.69. The van der Waals surface area contributed by atoms with Crippen molar-refractivity contribution in [2.45, 2.75) is 39.7 Å². The van der Waals surface area contributed by atoms with Gasteiger partial charge in [-0.1, -0.05) is 19.9 Å². The van der Waals surface area contributed by atoms with Crippen LogP contribution in [0.4, 0.5) is 0 Å². The fraction of sp³-hybridized carbons (Fsp3) is 0.368. The van der Waals surface area contributed by atoms with Gasteiger partial charge in [-0.2, -0.15) is 0 Å². The van der Waals surface area contributed by atoms with Gasteiger partial charge >= 0.3 is 5.97 Å². The van der Waals surface area contributed by atoms with Crippen LogP contribution < -0.4 is 11.3 Å². The number of nitrogens with two attached hydrogens (primary N) is 1. The zero-order valence-electron chi connectivity index (χ0n) is 14.8. The Morgan fingerprint density at radius 2 is 2.19 bits per heavy atom. The second-order valence-electron chi connectivity index (χ2n) is 7.56. The Morgan fingerprint density at radius 3 is 2.92 bits per heavy atom. The van der Waals surface area contributed by atoms with Crippen LogP contribution in [0.5, 0.6) is 0 Å². The van der Waals surface area contributed by atoms with E-state index in [2.05, 4.69) is 25.3 Å². The molecule has 0 amide bonds. The van der Waals surface area contributed by atoms with Crippen molar-refractivity contribution < 1.29 is 9.90 Å². The maximum absolute atomic E-state index is 12.1. The molecule has 3 aromatic rings. The summed E-state index contributed by atoms with van der Waals surface area (Å²) in [7, 11) is 0. The van der Waals surface area contributed by atoms with Crippen LogP contribution in [0.3, 0.4) is 0 Å². The maximum Gasteiger partial charge on any atom is 0.337 e. The Labute approximate surface area is 159 Å². The first-order chi connectivity index (χ1) is 12.4. The van der Waals surface area contributed by atoms with E-state index >= 15 is 0 Å². The number of aromatic carboxylic acids is 1. The van der Waals surface area contributed by atoms with Crippen LogP contribution in [-0.2, 0) is 19.4 Å². The van der Waals surface area contributed by atoms with E-state index < -0.39 is 5.97 Å². The highest BCUT2D eigenvalue weighted by Gasteiger charge is 2.33. The van der Waals surface area contributed by atoms with E-state index in [1.165, 1.54) is 4.88 Å². The van der Waals surface area contributed by atoms with Crippen LogP contribution in [0.2, 0.25) is 0 Å². The molecule has 2 aromatic heterocycles. The molecule has 26 heavy (non-hydrogen) atoms. The number of nitrogens with one attached hydrogen (secondary N) is 1. The van der Waals surface area contributed by atoms with Gasteiger partial charge in [0.1, 0.15) is 5.01 Å². The lowest BCUT2D eigenvalue weighted by atomic mass is 9.76. The van der Waals surface area contributed by atoms with Crippen LogP contribution in [0.15, 0.2) is 18.2 Å². The van der Waals surface area contributed by atoms with Gasteiger partial charge < -0.3 is 5.11 Å². The number of rotatable bonds is 4. The number of hydrogen-bond donors (Lipinski definition) is 3. The van der Waals surface area contributed by atoms with Crippen LogP contribution in [-0.4, -0.2) is 16.1 Å². The molecule has 0 atom stereocenters. The van der Waals surface area contributed by atoms with E-state index in [9.17, 15) is 9.90 Å². The lowest BCUT2D eigenvalue weighted by Gasteiger charge is -2.29. The number of fused-ring (bicyclic) bond motifs is 2. The molecule has 0 bridgehead atoms. The number of carboxylic acids is 1. The van der Waals surface area contributed by atoms with Crippen molar-refractivity contribution in [1.82, 2.24) is 10.4 Å². The standard InChI is InChI=1S/C19H21N3O2S2/c1-19(2)6-5-13-11(8-19)15(18(23)24)16(25-13)17-22-12-4-3-10(9-21-20)7-14(12)26-17/h3-4,7,21H,5-6,8-9,20H2,1-2H3,(H,23,24). The molecule has 0 spiro atoms. The third-order valence-electron chi connectivity index (χ3n) is 4.94. The molecule has 0 saturated heterocycles. The first-order valence-corrected chi connectivity index (χ1v) is 10.2. The fourth-order valence-corrected chi connectivity index (χ4v) is 6.01. The van der Waals surface area contributed by atoms with Gasteiger partial charge in [-0.05, 0) is 47.9 Å². The number of thiophene rings is 1. The minimum absolute atomic E-state index is 0.146. The molecule has 4 rings (SSSR count). The molecule has 136 valence electrons. The van der Waals surface area contributed by atoms with Crippen molar-refractivity contribution in [3.63, 3.8) is 0 Å². The zero-order valence-corrected chi connectivity index (χ0v) is 16.4. The largest absolute Gasteiger partial charge is 0.478 e. The topological polar surface area (TPSA) is 88.2 Å². The molecule has 0 radical (unpaired) electrons. The third-order valence-corrected chi connectivity index (χ3v) is 7.41. The number of carboxylic acid groups (broad SMARTS) is 1. The second kappa shape index (κ2) is 6.42. The van der Waals surface area contributed by atoms with Gasteiger partial charge in [-0.3, -0.25) is 11.3 Å². The summed E-state index contributed by atoms with van der Waals surface area (Å²) in [4.78, 5) is 18.8. The number of carbonyl (C=O) groups is 1. The third kappa shape index (κ3) is 3.05. The molecule has 1 aliphatic rings. The Balaban J connectivity index is 1.84. The van der Waals surface area contributed by atoms with Crippen LogP contribution in [0, 0.1) is 5.41 Å². The van der Waals surface area contributed by atoms with Crippen LogP contribution >= 0.6 is 22.7 Å². The summed E-state index contributed by atoms with van der Waals surface area (Å²) in [5.74, 6) is 4.56. The molecule has 0 fully saturated rings. The number of aryl methyl sites for hydroxylation is 1. The van der Waals surface area contributed by atoms with E-state index in [1.54, 1.807) is 22.7 Å². The Hall–Kier alpha value is -1.80. The van der Waals surface area contributed by atoms with Gasteiger partial charge in [-0.15, -0.1) is 22.7 Å². The molecule has 0 unspecified atom stereocenters. The summed E-state index contributed by atoms with van der Waals surface area (Å²) in [6.07, 6.45) is 2.86. The quantitative estimate of drug-likeness (QED) is 0.461. The van der Waals surface area contributed by atoms with Crippen molar-refractivity contribution in [3.05, 3.63) is 39.8 Å². The molecule has 0 saturated carbocycles. The Bertz CT molecular complexity index is 1000. The zero-order chi connectivity index (χ0) is 18.5. The lowest BCUT2D eigenvalue weighted by molar-refractivity contribution is 0.0696. The number of hydrazine groups is 1. The summed E-state index contributed by atoms with van der Waals surface area (Å²) in [6.45, 7) is 5.01. The number of thiazole rings is 1. The van der Waals surface area contributed by atoms with Gasteiger partial charge in [0.2, 0.25) is 0 Å². The molecule has 1 aromatic carbocycles. The van der Waals surface area contributed by atoms with Crippen molar-refractivity contribution in [1.29, 1.82) is 0 Å². The predicted octanol–water partition coefficient (Wildman–Crippen LogP) is 4.20. The van der Waals surface area contributed by atoms with Gasteiger partial charge in [0.05, 0.1) is 20.7 Å². The highest BCUT2D eigenvalue weighted by atomic mass is 32.1. The minimum Gasteiger partial charge on any atom is -0.478 e. The Kier molecular flexibility index (Phi) is 4.35. The normalized spacial score (nSPS) is 16.0. The van der Waals surface area contributed by atoms with Crippen LogP contribution in [0.1, 0.15) is 46.6 Å². The molecule has 7 heteroatoms. The summed E-state index contributed by atoms with van der Waals surface area (Å²) >= 11 is 3.16. The van der Waals surface area contributed by atoms with Gasteiger partial charge in [-0.25, -0.2) is 9.78 Å². The summed E-state index contributed by atoms with van der Waals surface area (Å²) in [5, 5.41) is 10.7. The number of hydrogen-bond acceptors (Lipinski definition) is 6. The summed E-state index contributed by atoms with van der Waals surface area (Å²) < 4.78 is 1.05. The Morgan fingerprint density at radius 1 is 1.38 bits per heavy atom. The van der Waals surface area contributed by atoms with Crippen LogP contribution in [0.25, 0.3) is 20.1 Å².